The second-order valence-corrected chi connectivity index (χ2v) is 6.43. The van der Waals surface area contributed by atoms with Crippen molar-refractivity contribution in [2.45, 2.75) is 25.3 Å². The maximum absolute atomic E-state index is 5.62. The Hall–Kier alpha value is 0.0300. The largest absolute Gasteiger partial charge is 0.325 e. The molecule has 2 N–H and O–H groups in total. The van der Waals surface area contributed by atoms with Crippen LogP contribution in [-0.4, -0.2) is 30.0 Å². The molecule has 1 aromatic rings. The van der Waals surface area contributed by atoms with Crippen molar-refractivity contribution in [2.75, 3.05) is 20.1 Å². The second kappa shape index (κ2) is 4.91. The van der Waals surface area contributed by atoms with Gasteiger partial charge in [0.05, 0.1) is 14.5 Å². The molecule has 0 amide bonds. The molecule has 0 bridgehead atoms. The van der Waals surface area contributed by atoms with E-state index in [1.807, 2.05) is 0 Å². The van der Waals surface area contributed by atoms with E-state index < -0.39 is 0 Å². The molecule has 0 spiro atoms. The summed E-state index contributed by atoms with van der Waals surface area (Å²) in [6.45, 7) is 2.87. The molecular formula is C10H16BrN3S. The Morgan fingerprint density at radius 3 is 3.07 bits per heavy atom. The minimum Gasteiger partial charge on any atom is -0.325 e. The first kappa shape index (κ1) is 11.5. The third-order valence-corrected chi connectivity index (χ3v) is 4.83. The van der Waals surface area contributed by atoms with Crippen molar-refractivity contribution in [1.29, 1.82) is 0 Å². The highest BCUT2D eigenvalue weighted by Crippen LogP contribution is 2.33. The van der Waals surface area contributed by atoms with Crippen LogP contribution in [0.1, 0.15) is 29.5 Å². The van der Waals surface area contributed by atoms with Crippen LogP contribution in [0.4, 0.5) is 0 Å². The molecule has 0 saturated carbocycles. The summed E-state index contributed by atoms with van der Waals surface area (Å²) in [5, 5.41) is 1.24. The number of nitrogens with zero attached hydrogens (tertiary/aromatic N) is 2. The van der Waals surface area contributed by atoms with E-state index in [0.717, 1.165) is 16.0 Å². The van der Waals surface area contributed by atoms with Gasteiger partial charge in [-0.2, -0.15) is 0 Å². The summed E-state index contributed by atoms with van der Waals surface area (Å²) in [6, 6.07) is 0. The quantitative estimate of drug-likeness (QED) is 0.907. The van der Waals surface area contributed by atoms with E-state index in [9.17, 15) is 0 Å². The van der Waals surface area contributed by atoms with E-state index in [1.54, 1.807) is 11.3 Å². The van der Waals surface area contributed by atoms with Crippen LogP contribution in [0.5, 0.6) is 0 Å². The average Bonchev–Trinajstić information content (AvgIpc) is 2.60. The molecular weight excluding hydrogens is 274 g/mol. The summed E-state index contributed by atoms with van der Waals surface area (Å²) in [6.07, 6.45) is 2.53. The summed E-state index contributed by atoms with van der Waals surface area (Å²) in [7, 11) is 2.18. The van der Waals surface area contributed by atoms with Crippen LogP contribution in [0.2, 0.25) is 0 Å². The van der Waals surface area contributed by atoms with Crippen LogP contribution >= 0.6 is 27.3 Å². The molecule has 1 saturated heterocycles. The summed E-state index contributed by atoms with van der Waals surface area (Å²) in [5.74, 6) is 0.602. The van der Waals surface area contributed by atoms with E-state index in [2.05, 4.69) is 32.9 Å². The van der Waals surface area contributed by atoms with E-state index in [4.69, 9.17) is 5.73 Å². The lowest BCUT2D eigenvalue weighted by molar-refractivity contribution is 0.250. The van der Waals surface area contributed by atoms with E-state index in [0.29, 0.717) is 12.5 Å². The van der Waals surface area contributed by atoms with Crippen LogP contribution in [0.25, 0.3) is 0 Å². The number of piperidine rings is 1. The first-order valence-corrected chi connectivity index (χ1v) is 6.85. The first-order chi connectivity index (χ1) is 7.20. The van der Waals surface area contributed by atoms with Gasteiger partial charge in [-0.15, -0.1) is 11.3 Å². The number of thiazole rings is 1. The van der Waals surface area contributed by atoms with Gasteiger partial charge in [0.2, 0.25) is 0 Å². The summed E-state index contributed by atoms with van der Waals surface area (Å²) >= 11 is 5.27. The Kier molecular flexibility index (Phi) is 3.77. The predicted molar refractivity (Wildman–Crippen MR) is 67.2 cm³/mol. The molecule has 1 atom stereocenters. The molecule has 1 fully saturated rings. The number of hydrogen-bond donors (Lipinski definition) is 1. The lowest BCUT2D eigenvalue weighted by Crippen LogP contribution is -2.30. The van der Waals surface area contributed by atoms with Gasteiger partial charge >= 0.3 is 0 Å². The number of likely N-dealkylation sites (N-methyl/N-ethyl adjacent to an activating group) is 1. The van der Waals surface area contributed by atoms with Gasteiger partial charge in [0, 0.05) is 19.0 Å². The van der Waals surface area contributed by atoms with Gasteiger partial charge < -0.3 is 10.6 Å². The Labute approximate surface area is 103 Å². The van der Waals surface area contributed by atoms with Crippen molar-refractivity contribution in [3.05, 3.63) is 14.5 Å². The highest BCUT2D eigenvalue weighted by molar-refractivity contribution is 9.11. The van der Waals surface area contributed by atoms with Gasteiger partial charge in [-0.3, -0.25) is 0 Å². The number of rotatable bonds is 2. The molecule has 2 heterocycles. The molecule has 3 nitrogen and oxygen atoms in total. The fourth-order valence-electron chi connectivity index (χ4n) is 2.02. The number of hydrogen-bond acceptors (Lipinski definition) is 4. The molecule has 1 aliphatic heterocycles. The summed E-state index contributed by atoms with van der Waals surface area (Å²) < 4.78 is 1.10. The average molecular weight is 290 g/mol. The van der Waals surface area contributed by atoms with Crippen molar-refractivity contribution in [2.24, 2.45) is 5.73 Å². The van der Waals surface area contributed by atoms with Crippen molar-refractivity contribution in [1.82, 2.24) is 9.88 Å². The van der Waals surface area contributed by atoms with Crippen molar-refractivity contribution in [3.63, 3.8) is 0 Å². The number of aromatic nitrogens is 1. The predicted octanol–water partition coefficient (Wildman–Crippen LogP) is 2.17. The molecule has 1 aliphatic rings. The number of likely N-dealkylation sites (tertiary alicyclic amines) is 1. The van der Waals surface area contributed by atoms with Crippen molar-refractivity contribution in [3.8, 4) is 0 Å². The van der Waals surface area contributed by atoms with Crippen LogP contribution < -0.4 is 5.73 Å². The number of nitrogens with two attached hydrogens (primary N) is 1. The van der Waals surface area contributed by atoms with Gasteiger partial charge in [0.25, 0.3) is 0 Å². The number of halogens is 1. The van der Waals surface area contributed by atoms with Crippen LogP contribution in [0.3, 0.4) is 0 Å². The van der Waals surface area contributed by atoms with Crippen LogP contribution in [0, 0.1) is 0 Å². The summed E-state index contributed by atoms with van der Waals surface area (Å²) in [5.41, 5.74) is 6.63. The highest BCUT2D eigenvalue weighted by Gasteiger charge is 2.22. The molecule has 0 radical (unpaired) electrons. The molecule has 5 heteroatoms. The van der Waals surface area contributed by atoms with Gasteiger partial charge in [-0.25, -0.2) is 4.98 Å². The minimum absolute atomic E-state index is 0.527. The molecule has 0 aromatic carbocycles. The molecule has 1 unspecified atom stereocenters. The van der Waals surface area contributed by atoms with Gasteiger partial charge in [-0.05, 0) is 42.4 Å². The molecule has 2 rings (SSSR count). The molecule has 84 valence electrons. The Balaban J connectivity index is 2.14. The second-order valence-electron chi connectivity index (χ2n) is 4.08. The smallest absolute Gasteiger partial charge is 0.0984 e. The van der Waals surface area contributed by atoms with E-state index in [1.165, 1.54) is 24.4 Å². The maximum Gasteiger partial charge on any atom is 0.0984 e. The van der Waals surface area contributed by atoms with E-state index >= 15 is 0 Å². The monoisotopic (exact) mass is 289 g/mol. The van der Waals surface area contributed by atoms with Crippen molar-refractivity contribution >= 4 is 27.3 Å². The zero-order valence-corrected chi connectivity index (χ0v) is 11.3. The normalized spacial score (nSPS) is 23.3. The Bertz CT molecular complexity index is 339. The zero-order chi connectivity index (χ0) is 10.8. The lowest BCUT2D eigenvalue weighted by atomic mass is 9.99. The highest BCUT2D eigenvalue weighted by atomic mass is 79.9. The van der Waals surface area contributed by atoms with Crippen molar-refractivity contribution < 1.29 is 0 Å². The van der Waals surface area contributed by atoms with Gasteiger partial charge in [0.1, 0.15) is 0 Å². The fourth-order valence-corrected chi connectivity index (χ4v) is 3.71. The summed E-state index contributed by atoms with van der Waals surface area (Å²) in [4.78, 5) is 6.99. The van der Waals surface area contributed by atoms with Gasteiger partial charge in [0.15, 0.2) is 0 Å². The molecule has 15 heavy (non-hydrogen) atoms. The molecule has 0 aliphatic carbocycles. The maximum atomic E-state index is 5.62. The first-order valence-electron chi connectivity index (χ1n) is 5.24. The van der Waals surface area contributed by atoms with Crippen LogP contribution in [-0.2, 0) is 6.54 Å². The lowest BCUT2D eigenvalue weighted by Gasteiger charge is -2.28. The SMILES string of the molecule is CN1CCCC(c2nc(CN)c(Br)s2)C1. The topological polar surface area (TPSA) is 42.2 Å². The molecule has 1 aromatic heterocycles. The Morgan fingerprint density at radius 1 is 1.67 bits per heavy atom. The third kappa shape index (κ3) is 2.58. The fraction of sp³-hybridized carbons (Fsp3) is 0.700. The van der Waals surface area contributed by atoms with Crippen LogP contribution in [0.15, 0.2) is 3.79 Å². The third-order valence-electron chi connectivity index (χ3n) is 2.83. The van der Waals surface area contributed by atoms with E-state index in [-0.39, 0.29) is 0 Å². The minimum atomic E-state index is 0.527. The Morgan fingerprint density at radius 2 is 2.47 bits per heavy atom. The standard InChI is InChI=1S/C10H16BrN3S/c1-14-4-2-3-7(6-14)10-13-8(5-12)9(11)15-10/h7H,2-6,12H2,1H3. The zero-order valence-electron chi connectivity index (χ0n) is 8.87. The van der Waals surface area contributed by atoms with Gasteiger partial charge in [-0.1, -0.05) is 0 Å².